The average Bonchev–Trinajstić information content (AvgIpc) is 2.79. The Balaban J connectivity index is 1.43. The average molecular weight is 463 g/mol. The summed E-state index contributed by atoms with van der Waals surface area (Å²) in [6.45, 7) is 4.13. The summed E-state index contributed by atoms with van der Waals surface area (Å²) in [4.78, 5) is 15.1. The number of rotatable bonds is 5. The first-order chi connectivity index (χ1) is 14.9. The molecular formula is C23H27ClN2O4S. The number of ether oxygens (including phenoxy) is 1. The number of piperidine rings is 1. The van der Waals surface area contributed by atoms with Gasteiger partial charge in [0.05, 0.1) is 6.61 Å². The molecule has 0 unspecified atom stereocenters. The Morgan fingerprint density at radius 2 is 1.81 bits per heavy atom. The molecule has 0 spiro atoms. The zero-order chi connectivity index (χ0) is 22.0. The van der Waals surface area contributed by atoms with Crippen LogP contribution in [0.2, 0.25) is 5.02 Å². The highest BCUT2D eigenvalue weighted by molar-refractivity contribution is 7.89. The zero-order valence-corrected chi connectivity index (χ0v) is 19.2. The Bertz CT molecular complexity index is 1060. The lowest BCUT2D eigenvalue weighted by atomic mass is 9.94. The van der Waals surface area contributed by atoms with E-state index in [4.69, 9.17) is 16.3 Å². The first kappa shape index (κ1) is 22.1. The third-order valence-corrected chi connectivity index (χ3v) is 8.22. The second kappa shape index (κ2) is 9.18. The van der Waals surface area contributed by atoms with Crippen molar-refractivity contribution < 1.29 is 17.9 Å². The molecule has 0 saturated carbocycles. The van der Waals surface area contributed by atoms with E-state index in [9.17, 15) is 13.2 Å². The molecule has 0 radical (unpaired) electrons. The molecule has 2 aromatic carbocycles. The molecule has 166 valence electrons. The number of amides is 1. The molecule has 1 amide bonds. The van der Waals surface area contributed by atoms with Gasteiger partial charge in [-0.15, -0.1) is 0 Å². The smallest absolute Gasteiger partial charge is 0.246 e. The van der Waals surface area contributed by atoms with Gasteiger partial charge in [-0.2, -0.15) is 4.31 Å². The number of halogens is 1. The summed E-state index contributed by atoms with van der Waals surface area (Å²) in [5, 5.41) is 0.345. The van der Waals surface area contributed by atoms with Crippen LogP contribution in [0, 0.1) is 5.92 Å². The Kier molecular flexibility index (Phi) is 6.55. The third-order valence-electron chi connectivity index (χ3n) is 6.07. The van der Waals surface area contributed by atoms with Crippen molar-refractivity contribution in [3.8, 4) is 5.75 Å². The van der Waals surface area contributed by atoms with Crippen LogP contribution in [0.4, 0.5) is 0 Å². The zero-order valence-electron chi connectivity index (χ0n) is 17.6. The second-order valence-corrected chi connectivity index (χ2v) is 10.3. The maximum absolute atomic E-state index is 13.2. The van der Waals surface area contributed by atoms with Crippen molar-refractivity contribution in [3.05, 3.63) is 58.6 Å². The van der Waals surface area contributed by atoms with Crippen LogP contribution < -0.4 is 4.74 Å². The monoisotopic (exact) mass is 462 g/mol. The highest BCUT2D eigenvalue weighted by Gasteiger charge is 2.35. The largest absolute Gasteiger partial charge is 0.492 e. The number of carbonyl (C=O) groups is 1. The molecule has 0 aliphatic carbocycles. The Morgan fingerprint density at radius 1 is 1.10 bits per heavy atom. The van der Waals surface area contributed by atoms with Gasteiger partial charge in [0.25, 0.3) is 0 Å². The molecule has 1 saturated heterocycles. The van der Waals surface area contributed by atoms with Gasteiger partial charge >= 0.3 is 0 Å². The first-order valence-electron chi connectivity index (χ1n) is 10.7. The summed E-state index contributed by atoms with van der Waals surface area (Å²) in [5.74, 6) is 0.281. The minimum Gasteiger partial charge on any atom is -0.492 e. The van der Waals surface area contributed by atoms with Crippen molar-refractivity contribution in [2.24, 2.45) is 5.92 Å². The van der Waals surface area contributed by atoms with Gasteiger partial charge in [-0.3, -0.25) is 4.79 Å². The number of benzene rings is 2. The van der Waals surface area contributed by atoms with Gasteiger partial charge in [0, 0.05) is 37.1 Å². The number of sulfonamides is 1. The fourth-order valence-corrected chi connectivity index (χ4v) is 6.25. The van der Waals surface area contributed by atoms with E-state index >= 15 is 0 Å². The quantitative estimate of drug-likeness (QED) is 0.679. The number of hydrogen-bond donors (Lipinski definition) is 0. The van der Waals surface area contributed by atoms with E-state index in [0.717, 1.165) is 6.42 Å². The lowest BCUT2D eigenvalue weighted by Gasteiger charge is -2.35. The molecule has 4 rings (SSSR count). The fraction of sp³-hybridized carbons (Fsp3) is 0.435. The topological polar surface area (TPSA) is 66.9 Å². The van der Waals surface area contributed by atoms with E-state index in [-0.39, 0.29) is 16.7 Å². The molecule has 2 aromatic rings. The molecule has 0 atom stereocenters. The van der Waals surface area contributed by atoms with Crippen molar-refractivity contribution >= 4 is 27.5 Å². The SMILES string of the molecule is CCOc1ccc(Cl)cc1S(=O)(=O)N1CCC(C(=O)N2CCc3ccccc3C2)CC1. The van der Waals surface area contributed by atoms with E-state index in [1.54, 1.807) is 19.1 Å². The summed E-state index contributed by atoms with van der Waals surface area (Å²) in [6.07, 6.45) is 1.89. The molecule has 2 aliphatic rings. The lowest BCUT2D eigenvalue weighted by Crippen LogP contribution is -2.45. The summed E-state index contributed by atoms with van der Waals surface area (Å²) in [7, 11) is -3.75. The van der Waals surface area contributed by atoms with Crippen LogP contribution >= 0.6 is 11.6 Å². The van der Waals surface area contributed by atoms with Gasteiger partial charge in [0.15, 0.2) is 0 Å². The molecule has 1 fully saturated rings. The summed E-state index contributed by atoms with van der Waals surface area (Å²) < 4.78 is 33.4. The normalized spacial score (nSPS) is 17.9. The molecule has 0 N–H and O–H groups in total. The Morgan fingerprint density at radius 3 is 2.52 bits per heavy atom. The summed E-state index contributed by atoms with van der Waals surface area (Å²) in [6, 6.07) is 12.9. The number of hydrogen-bond acceptors (Lipinski definition) is 4. The van der Waals surface area contributed by atoms with E-state index in [1.807, 2.05) is 17.0 Å². The van der Waals surface area contributed by atoms with Gasteiger partial charge in [0.1, 0.15) is 10.6 Å². The minimum atomic E-state index is -3.75. The summed E-state index contributed by atoms with van der Waals surface area (Å²) >= 11 is 6.06. The first-order valence-corrected chi connectivity index (χ1v) is 12.5. The minimum absolute atomic E-state index is 0.0827. The predicted molar refractivity (Wildman–Crippen MR) is 120 cm³/mol. The molecule has 8 heteroatoms. The number of fused-ring (bicyclic) bond motifs is 1. The fourth-order valence-electron chi connectivity index (χ4n) is 4.38. The molecule has 0 bridgehead atoms. The van der Waals surface area contributed by atoms with Crippen molar-refractivity contribution in [2.75, 3.05) is 26.2 Å². The number of nitrogens with zero attached hydrogens (tertiary/aromatic N) is 2. The molecule has 31 heavy (non-hydrogen) atoms. The highest BCUT2D eigenvalue weighted by atomic mass is 35.5. The lowest BCUT2D eigenvalue weighted by molar-refractivity contribution is -0.137. The van der Waals surface area contributed by atoms with Crippen molar-refractivity contribution in [1.29, 1.82) is 0 Å². The van der Waals surface area contributed by atoms with Crippen molar-refractivity contribution in [3.63, 3.8) is 0 Å². The molecule has 2 heterocycles. The van der Waals surface area contributed by atoms with Gasteiger partial charge in [-0.1, -0.05) is 35.9 Å². The van der Waals surface area contributed by atoms with Crippen LogP contribution in [0.5, 0.6) is 5.75 Å². The van der Waals surface area contributed by atoms with Crippen LogP contribution in [0.25, 0.3) is 0 Å². The van der Waals surface area contributed by atoms with Gasteiger partial charge < -0.3 is 9.64 Å². The predicted octanol–water partition coefficient (Wildman–Crippen LogP) is 3.72. The molecule has 6 nitrogen and oxygen atoms in total. The van der Waals surface area contributed by atoms with Crippen LogP contribution in [-0.4, -0.2) is 49.8 Å². The van der Waals surface area contributed by atoms with Crippen molar-refractivity contribution in [2.45, 2.75) is 37.6 Å². The Labute approximate surface area is 188 Å². The number of carbonyl (C=O) groups excluding carboxylic acids is 1. The van der Waals surface area contributed by atoms with E-state index in [1.165, 1.54) is 21.5 Å². The summed E-state index contributed by atoms with van der Waals surface area (Å²) in [5.41, 5.74) is 2.51. The van der Waals surface area contributed by atoms with Crippen LogP contribution in [0.3, 0.4) is 0 Å². The van der Waals surface area contributed by atoms with E-state index in [0.29, 0.717) is 56.4 Å². The van der Waals surface area contributed by atoms with E-state index < -0.39 is 10.0 Å². The van der Waals surface area contributed by atoms with Crippen LogP contribution in [0.1, 0.15) is 30.9 Å². The standard InChI is InChI=1S/C23H27ClN2O4S/c1-2-30-21-8-7-20(24)15-22(21)31(28,29)26-13-10-18(11-14-26)23(27)25-12-9-17-5-3-4-6-19(17)16-25/h3-8,15,18H,2,9-14,16H2,1H3. The van der Waals surface area contributed by atoms with Gasteiger partial charge in [-0.25, -0.2) is 8.42 Å². The van der Waals surface area contributed by atoms with E-state index in [2.05, 4.69) is 12.1 Å². The maximum atomic E-state index is 13.2. The molecule has 0 aromatic heterocycles. The second-order valence-electron chi connectivity index (χ2n) is 7.98. The van der Waals surface area contributed by atoms with Crippen LogP contribution in [-0.2, 0) is 27.8 Å². The van der Waals surface area contributed by atoms with Crippen LogP contribution in [0.15, 0.2) is 47.4 Å². The molecular weight excluding hydrogens is 436 g/mol. The van der Waals surface area contributed by atoms with Gasteiger partial charge in [0.2, 0.25) is 15.9 Å². The third kappa shape index (κ3) is 4.59. The highest BCUT2D eigenvalue weighted by Crippen LogP contribution is 2.33. The van der Waals surface area contributed by atoms with Gasteiger partial charge in [-0.05, 0) is 55.5 Å². The molecule has 2 aliphatic heterocycles. The Hall–Kier alpha value is -2.09. The van der Waals surface area contributed by atoms with Crippen molar-refractivity contribution in [1.82, 2.24) is 9.21 Å². The maximum Gasteiger partial charge on any atom is 0.246 e.